The number of nitrogens with one attached hydrogen (secondary N) is 1. The van der Waals surface area contributed by atoms with Crippen LogP contribution in [0.3, 0.4) is 0 Å². The third kappa shape index (κ3) is 3.12. The number of amides is 1. The number of hydrogen-bond acceptors (Lipinski definition) is 3. The van der Waals surface area contributed by atoms with Crippen LogP contribution < -0.4 is 5.48 Å². The molecule has 0 rings (SSSR count). The summed E-state index contributed by atoms with van der Waals surface area (Å²) >= 11 is 0. The molecule has 0 heterocycles. The van der Waals surface area contributed by atoms with Crippen molar-refractivity contribution in [3.8, 4) is 6.07 Å². The molecular weight excluding hydrogens is 108 g/mol. The van der Waals surface area contributed by atoms with Crippen LogP contribution in [0.4, 0.5) is 0 Å². The van der Waals surface area contributed by atoms with Gasteiger partial charge in [0, 0.05) is 0 Å². The van der Waals surface area contributed by atoms with Crippen LogP contribution in [0.15, 0.2) is 0 Å². The van der Waals surface area contributed by atoms with Crippen LogP contribution in [0.1, 0.15) is 6.42 Å². The molecule has 0 aliphatic carbocycles. The van der Waals surface area contributed by atoms with E-state index in [1.54, 1.807) is 6.07 Å². The molecule has 0 saturated heterocycles. The molecule has 44 valence electrons. The van der Waals surface area contributed by atoms with Gasteiger partial charge in [-0.25, -0.2) is 5.48 Å². The summed E-state index contributed by atoms with van der Waals surface area (Å²) in [5.74, 6) is -0.421. The summed E-state index contributed by atoms with van der Waals surface area (Å²) in [7, 11) is 1.31. The van der Waals surface area contributed by atoms with E-state index in [1.807, 2.05) is 5.48 Å². The third-order valence-corrected chi connectivity index (χ3v) is 0.456. The van der Waals surface area contributed by atoms with Crippen LogP contribution in [0, 0.1) is 11.3 Å². The maximum absolute atomic E-state index is 10.2. The van der Waals surface area contributed by atoms with Gasteiger partial charge in [-0.05, 0) is 0 Å². The maximum atomic E-state index is 10.2. The topological polar surface area (TPSA) is 62.1 Å². The molecule has 0 fully saturated rings. The predicted molar refractivity (Wildman–Crippen MR) is 25.4 cm³/mol. The third-order valence-electron chi connectivity index (χ3n) is 0.456. The minimum absolute atomic E-state index is 0.159. The molecule has 0 saturated carbocycles. The lowest BCUT2D eigenvalue weighted by atomic mass is 10.5. The lowest BCUT2D eigenvalue weighted by Gasteiger charge is -1.93. The van der Waals surface area contributed by atoms with E-state index < -0.39 is 5.91 Å². The van der Waals surface area contributed by atoms with Gasteiger partial charge in [0.1, 0.15) is 6.42 Å². The van der Waals surface area contributed by atoms with E-state index in [1.165, 1.54) is 7.11 Å². The lowest BCUT2D eigenvalue weighted by Crippen LogP contribution is -2.20. The molecule has 0 aromatic carbocycles. The number of carbonyl (C=O) groups is 1. The Kier molecular flexibility index (Phi) is 3.54. The van der Waals surface area contributed by atoms with Crippen molar-refractivity contribution in [2.24, 2.45) is 0 Å². The van der Waals surface area contributed by atoms with Gasteiger partial charge in [0.25, 0.3) is 5.91 Å². The van der Waals surface area contributed by atoms with E-state index in [2.05, 4.69) is 4.84 Å². The number of hydrogen-bond donors (Lipinski definition) is 1. The van der Waals surface area contributed by atoms with Crippen LogP contribution in [-0.2, 0) is 9.63 Å². The molecule has 0 aliphatic heterocycles. The van der Waals surface area contributed by atoms with E-state index in [-0.39, 0.29) is 6.42 Å². The molecule has 0 aliphatic rings. The monoisotopic (exact) mass is 114 g/mol. The normalized spacial score (nSPS) is 7.50. The van der Waals surface area contributed by atoms with Crippen LogP contribution in [0.5, 0.6) is 0 Å². The summed E-state index contributed by atoms with van der Waals surface area (Å²) in [5, 5.41) is 7.90. The minimum atomic E-state index is -0.421. The molecule has 1 amide bonds. The average molecular weight is 114 g/mol. The number of rotatable bonds is 2. The van der Waals surface area contributed by atoms with Crippen LogP contribution in [0.25, 0.3) is 0 Å². The zero-order chi connectivity index (χ0) is 6.41. The molecule has 0 spiro atoms. The summed E-state index contributed by atoms with van der Waals surface area (Å²) in [6, 6.07) is 1.66. The summed E-state index contributed by atoms with van der Waals surface area (Å²) in [6.45, 7) is 0. The first kappa shape index (κ1) is 6.92. The zero-order valence-electron chi connectivity index (χ0n) is 4.47. The Hall–Kier alpha value is -1.08. The highest BCUT2D eigenvalue weighted by Gasteiger charge is 1.94. The Morgan fingerprint density at radius 2 is 2.62 bits per heavy atom. The van der Waals surface area contributed by atoms with Crippen LogP contribution in [0.2, 0.25) is 0 Å². The molecule has 1 N–H and O–H groups in total. The number of carbonyl (C=O) groups excluding carboxylic acids is 1. The highest BCUT2D eigenvalue weighted by Crippen LogP contribution is 1.71. The molecule has 4 nitrogen and oxygen atoms in total. The van der Waals surface area contributed by atoms with Gasteiger partial charge in [0.05, 0.1) is 13.2 Å². The van der Waals surface area contributed by atoms with Gasteiger partial charge < -0.3 is 0 Å². The average Bonchev–Trinajstić information content (AvgIpc) is 1.68. The predicted octanol–water partition coefficient (Wildman–Crippen LogP) is -0.422. The molecule has 0 atom stereocenters. The van der Waals surface area contributed by atoms with Crippen molar-refractivity contribution in [3.63, 3.8) is 0 Å². The van der Waals surface area contributed by atoms with E-state index >= 15 is 0 Å². The van der Waals surface area contributed by atoms with Crippen molar-refractivity contribution in [2.75, 3.05) is 7.11 Å². The molecule has 0 unspecified atom stereocenters. The molecule has 0 radical (unpaired) electrons. The van der Waals surface area contributed by atoms with Crippen molar-refractivity contribution in [3.05, 3.63) is 0 Å². The van der Waals surface area contributed by atoms with Gasteiger partial charge in [-0.1, -0.05) is 0 Å². The largest absolute Gasteiger partial charge is 0.277 e. The molecular formula is C4H6N2O2. The summed E-state index contributed by atoms with van der Waals surface area (Å²) in [4.78, 5) is 14.4. The van der Waals surface area contributed by atoms with E-state index in [0.717, 1.165) is 0 Å². The molecule has 0 bridgehead atoms. The Balaban J connectivity index is 3.23. The first-order chi connectivity index (χ1) is 3.81. The Morgan fingerprint density at radius 1 is 2.00 bits per heavy atom. The fourth-order valence-corrected chi connectivity index (χ4v) is 0.222. The second kappa shape index (κ2) is 4.09. The Morgan fingerprint density at radius 3 is 3.00 bits per heavy atom. The fraction of sp³-hybridized carbons (Fsp3) is 0.500. The van der Waals surface area contributed by atoms with E-state index in [4.69, 9.17) is 5.26 Å². The van der Waals surface area contributed by atoms with Crippen LogP contribution in [-0.4, -0.2) is 13.0 Å². The van der Waals surface area contributed by atoms with Crippen molar-refractivity contribution in [1.82, 2.24) is 5.48 Å². The van der Waals surface area contributed by atoms with E-state index in [9.17, 15) is 4.79 Å². The molecule has 0 aromatic rings. The summed E-state index contributed by atoms with van der Waals surface area (Å²) in [6.07, 6.45) is -0.159. The summed E-state index contributed by atoms with van der Waals surface area (Å²) in [5.41, 5.74) is 1.98. The van der Waals surface area contributed by atoms with Gasteiger partial charge in [0.2, 0.25) is 0 Å². The Bertz CT molecular complexity index is 116. The second-order valence-electron chi connectivity index (χ2n) is 1.06. The van der Waals surface area contributed by atoms with Crippen molar-refractivity contribution in [1.29, 1.82) is 5.26 Å². The van der Waals surface area contributed by atoms with Crippen LogP contribution >= 0.6 is 0 Å². The highest BCUT2D eigenvalue weighted by molar-refractivity contribution is 5.76. The van der Waals surface area contributed by atoms with Gasteiger partial charge in [0.15, 0.2) is 0 Å². The van der Waals surface area contributed by atoms with Gasteiger partial charge in [-0.3, -0.25) is 9.63 Å². The van der Waals surface area contributed by atoms with Gasteiger partial charge >= 0.3 is 0 Å². The van der Waals surface area contributed by atoms with E-state index in [0.29, 0.717) is 0 Å². The Labute approximate surface area is 47.0 Å². The van der Waals surface area contributed by atoms with Gasteiger partial charge in [-0.2, -0.15) is 5.26 Å². The highest BCUT2D eigenvalue weighted by atomic mass is 16.6. The first-order valence-electron chi connectivity index (χ1n) is 2.00. The SMILES string of the molecule is CONC(=O)CC#N. The first-order valence-corrected chi connectivity index (χ1v) is 2.00. The van der Waals surface area contributed by atoms with Crippen molar-refractivity contribution < 1.29 is 9.63 Å². The molecule has 0 aromatic heterocycles. The lowest BCUT2D eigenvalue weighted by molar-refractivity contribution is -0.130. The van der Waals surface area contributed by atoms with Gasteiger partial charge in [-0.15, -0.1) is 0 Å². The number of nitriles is 1. The second-order valence-corrected chi connectivity index (χ2v) is 1.06. The fourth-order valence-electron chi connectivity index (χ4n) is 0.222. The summed E-state index contributed by atoms with van der Waals surface area (Å²) < 4.78 is 0. The van der Waals surface area contributed by atoms with Crippen molar-refractivity contribution in [2.45, 2.75) is 6.42 Å². The smallest absolute Gasteiger partial charge is 0.257 e. The minimum Gasteiger partial charge on any atom is -0.277 e. The molecule has 4 heteroatoms. The van der Waals surface area contributed by atoms with Crippen molar-refractivity contribution >= 4 is 5.91 Å². The quantitative estimate of drug-likeness (QED) is 0.496. The number of hydroxylamine groups is 1. The standard InChI is InChI=1S/C4H6N2O2/c1-8-6-4(7)2-3-5/h2H2,1H3,(H,6,7). The maximum Gasteiger partial charge on any atom is 0.257 e. The zero-order valence-corrected chi connectivity index (χ0v) is 4.47. The molecule has 8 heavy (non-hydrogen) atoms. The number of nitrogens with zero attached hydrogens (tertiary/aromatic N) is 1.